The minimum absolute atomic E-state index is 0.0321. The van der Waals surface area contributed by atoms with E-state index in [0.29, 0.717) is 16.4 Å². The number of nitrogens with one attached hydrogen (secondary N) is 2. The van der Waals surface area contributed by atoms with Gasteiger partial charge in [0.2, 0.25) is 11.8 Å². The van der Waals surface area contributed by atoms with Gasteiger partial charge >= 0.3 is 0 Å². The largest absolute Gasteiger partial charge is 0.325 e. The van der Waals surface area contributed by atoms with Crippen molar-refractivity contribution in [2.75, 3.05) is 30.8 Å². The Morgan fingerprint density at radius 1 is 1.04 bits per heavy atom. The smallest absolute Gasteiger partial charge is 0.238 e. The number of anilines is 2. The van der Waals surface area contributed by atoms with Crippen LogP contribution in [0.15, 0.2) is 42.5 Å². The van der Waals surface area contributed by atoms with E-state index >= 15 is 0 Å². The Bertz CT molecular complexity index is 765. The van der Waals surface area contributed by atoms with Crippen LogP contribution >= 0.6 is 11.6 Å². The van der Waals surface area contributed by atoms with Crippen LogP contribution in [0.4, 0.5) is 15.8 Å². The van der Waals surface area contributed by atoms with E-state index in [2.05, 4.69) is 10.6 Å². The van der Waals surface area contributed by atoms with Gasteiger partial charge in [-0.05, 0) is 62.0 Å². The number of benzene rings is 2. The van der Waals surface area contributed by atoms with Crippen molar-refractivity contribution in [1.29, 1.82) is 0 Å². The summed E-state index contributed by atoms with van der Waals surface area (Å²) in [5, 5.41) is 6.03. The van der Waals surface area contributed by atoms with Crippen LogP contribution in [-0.4, -0.2) is 36.9 Å². The number of hydrogen-bond acceptors (Lipinski definition) is 3. The Hall–Kier alpha value is -2.44. The minimum atomic E-state index is -0.371. The Labute approximate surface area is 150 Å². The highest BCUT2D eigenvalue weighted by molar-refractivity contribution is 6.30. The van der Waals surface area contributed by atoms with Gasteiger partial charge in [-0.2, -0.15) is 0 Å². The lowest BCUT2D eigenvalue weighted by Gasteiger charge is -2.16. The van der Waals surface area contributed by atoms with Crippen molar-refractivity contribution in [1.82, 2.24) is 4.90 Å². The topological polar surface area (TPSA) is 61.4 Å². The summed E-state index contributed by atoms with van der Waals surface area (Å²) in [6, 6.07) is 10.7. The zero-order valence-corrected chi connectivity index (χ0v) is 14.7. The van der Waals surface area contributed by atoms with E-state index < -0.39 is 0 Å². The third-order valence-electron chi connectivity index (χ3n) is 3.42. The summed E-state index contributed by atoms with van der Waals surface area (Å²) < 4.78 is 12.8. The van der Waals surface area contributed by atoms with Crippen LogP contribution in [0, 0.1) is 12.7 Å². The van der Waals surface area contributed by atoms with E-state index in [9.17, 15) is 14.0 Å². The lowest BCUT2D eigenvalue weighted by Crippen LogP contribution is -2.36. The van der Waals surface area contributed by atoms with Gasteiger partial charge in [0, 0.05) is 16.4 Å². The number of carbonyl (C=O) groups is 2. The summed E-state index contributed by atoms with van der Waals surface area (Å²) in [5.74, 6) is -0.892. The number of halogens is 2. The summed E-state index contributed by atoms with van der Waals surface area (Å²) in [7, 11) is 1.67. The molecule has 2 N–H and O–H groups in total. The molecular weight excluding hydrogens is 345 g/mol. The summed E-state index contributed by atoms with van der Waals surface area (Å²) in [6.07, 6.45) is 0. The molecule has 0 bridgehead atoms. The third kappa shape index (κ3) is 6.17. The maximum atomic E-state index is 12.8. The standard InChI is InChI=1S/C18H19ClFN3O2/c1-12-9-13(19)3-8-16(12)22-18(25)11-23(2)10-17(24)21-15-6-4-14(20)5-7-15/h3-9H,10-11H2,1-2H3,(H,21,24)(H,22,25). The maximum absolute atomic E-state index is 12.8. The molecule has 25 heavy (non-hydrogen) atoms. The van der Waals surface area contributed by atoms with Crippen LogP contribution in [0.5, 0.6) is 0 Å². The second-order valence-corrected chi connectivity index (χ2v) is 6.17. The Kier molecular flexibility index (Phi) is 6.50. The second-order valence-electron chi connectivity index (χ2n) is 5.73. The van der Waals surface area contributed by atoms with Crippen molar-refractivity contribution in [3.8, 4) is 0 Å². The molecule has 0 spiro atoms. The van der Waals surface area contributed by atoms with Gasteiger partial charge in [0.15, 0.2) is 0 Å². The molecule has 7 heteroatoms. The quantitative estimate of drug-likeness (QED) is 0.827. The fourth-order valence-electron chi connectivity index (χ4n) is 2.24. The van der Waals surface area contributed by atoms with Crippen molar-refractivity contribution in [2.45, 2.75) is 6.92 Å². The van der Waals surface area contributed by atoms with Gasteiger partial charge < -0.3 is 10.6 Å². The van der Waals surface area contributed by atoms with Gasteiger partial charge in [-0.15, -0.1) is 0 Å². The van der Waals surface area contributed by atoms with Crippen molar-refractivity contribution < 1.29 is 14.0 Å². The van der Waals surface area contributed by atoms with Gasteiger partial charge in [-0.1, -0.05) is 11.6 Å². The molecule has 2 aromatic rings. The predicted octanol–water partition coefficient (Wildman–Crippen LogP) is 3.30. The lowest BCUT2D eigenvalue weighted by atomic mass is 10.2. The van der Waals surface area contributed by atoms with Crippen LogP contribution in [0.2, 0.25) is 5.02 Å². The number of hydrogen-bond donors (Lipinski definition) is 2. The molecule has 0 aliphatic rings. The maximum Gasteiger partial charge on any atom is 0.238 e. The van der Waals surface area contributed by atoms with E-state index in [1.807, 2.05) is 6.92 Å². The molecule has 2 rings (SSSR count). The lowest BCUT2D eigenvalue weighted by molar-refractivity contribution is -0.119. The molecule has 2 amide bonds. The average Bonchev–Trinajstić information content (AvgIpc) is 2.52. The van der Waals surface area contributed by atoms with E-state index in [1.54, 1.807) is 30.1 Å². The molecule has 132 valence electrons. The predicted molar refractivity (Wildman–Crippen MR) is 97.3 cm³/mol. The molecule has 0 aliphatic carbocycles. The van der Waals surface area contributed by atoms with Crippen LogP contribution in [0.25, 0.3) is 0 Å². The van der Waals surface area contributed by atoms with Gasteiger partial charge in [0.1, 0.15) is 5.82 Å². The number of nitrogens with zero attached hydrogens (tertiary/aromatic N) is 1. The van der Waals surface area contributed by atoms with E-state index in [1.165, 1.54) is 24.3 Å². The first-order chi connectivity index (χ1) is 11.8. The first-order valence-electron chi connectivity index (χ1n) is 7.63. The molecule has 0 heterocycles. The Morgan fingerprint density at radius 2 is 1.64 bits per heavy atom. The summed E-state index contributed by atoms with van der Waals surface area (Å²) >= 11 is 5.88. The van der Waals surface area contributed by atoms with Crippen LogP contribution in [0.3, 0.4) is 0 Å². The number of rotatable bonds is 6. The Morgan fingerprint density at radius 3 is 2.24 bits per heavy atom. The number of likely N-dealkylation sites (N-methyl/N-ethyl adjacent to an activating group) is 1. The van der Waals surface area contributed by atoms with E-state index in [0.717, 1.165) is 5.56 Å². The van der Waals surface area contributed by atoms with Crippen LogP contribution < -0.4 is 10.6 Å². The Balaban J connectivity index is 1.82. The zero-order chi connectivity index (χ0) is 18.4. The van der Waals surface area contributed by atoms with E-state index in [4.69, 9.17) is 11.6 Å². The second kappa shape index (κ2) is 8.60. The van der Waals surface area contributed by atoms with Crippen molar-refractivity contribution >= 4 is 34.8 Å². The van der Waals surface area contributed by atoms with Crippen LogP contribution in [-0.2, 0) is 9.59 Å². The summed E-state index contributed by atoms with van der Waals surface area (Å²) in [4.78, 5) is 25.6. The van der Waals surface area contributed by atoms with Gasteiger partial charge in [0.25, 0.3) is 0 Å². The average molecular weight is 364 g/mol. The molecule has 0 unspecified atom stereocenters. The number of carbonyl (C=O) groups excluding carboxylic acids is 2. The fourth-order valence-corrected chi connectivity index (χ4v) is 2.46. The molecule has 0 saturated heterocycles. The highest BCUT2D eigenvalue weighted by atomic mass is 35.5. The normalized spacial score (nSPS) is 10.6. The summed E-state index contributed by atoms with van der Waals surface area (Å²) in [6.45, 7) is 1.94. The van der Waals surface area contributed by atoms with Gasteiger partial charge in [-0.3, -0.25) is 14.5 Å². The van der Waals surface area contributed by atoms with Crippen molar-refractivity contribution in [3.63, 3.8) is 0 Å². The van der Waals surface area contributed by atoms with Crippen molar-refractivity contribution in [2.24, 2.45) is 0 Å². The van der Waals surface area contributed by atoms with Gasteiger partial charge in [-0.25, -0.2) is 4.39 Å². The van der Waals surface area contributed by atoms with Crippen LogP contribution in [0.1, 0.15) is 5.56 Å². The van der Waals surface area contributed by atoms with E-state index in [-0.39, 0.29) is 30.7 Å². The number of aryl methyl sites for hydroxylation is 1. The van der Waals surface area contributed by atoms with Gasteiger partial charge in [0.05, 0.1) is 13.1 Å². The molecule has 5 nitrogen and oxygen atoms in total. The SMILES string of the molecule is Cc1cc(Cl)ccc1NC(=O)CN(C)CC(=O)Nc1ccc(F)cc1. The molecule has 2 aromatic carbocycles. The van der Waals surface area contributed by atoms with Crippen molar-refractivity contribution in [3.05, 3.63) is 58.9 Å². The third-order valence-corrected chi connectivity index (χ3v) is 3.65. The minimum Gasteiger partial charge on any atom is -0.325 e. The summed E-state index contributed by atoms with van der Waals surface area (Å²) in [5.41, 5.74) is 2.04. The molecule has 0 aliphatic heterocycles. The molecule has 0 fully saturated rings. The monoisotopic (exact) mass is 363 g/mol. The molecule has 0 atom stereocenters. The molecular formula is C18H19ClFN3O2. The number of amides is 2. The first-order valence-corrected chi connectivity index (χ1v) is 8.01. The molecule has 0 radical (unpaired) electrons. The first kappa shape index (κ1) is 18.9. The highest BCUT2D eigenvalue weighted by Crippen LogP contribution is 2.19. The fraction of sp³-hybridized carbons (Fsp3) is 0.222. The molecule has 0 aromatic heterocycles. The molecule has 0 saturated carbocycles. The highest BCUT2D eigenvalue weighted by Gasteiger charge is 2.12. The zero-order valence-electron chi connectivity index (χ0n) is 14.0.